The highest BCUT2D eigenvalue weighted by atomic mass is 32.2. The van der Waals surface area contributed by atoms with Gasteiger partial charge in [-0.3, -0.25) is 4.79 Å². The number of hydrogen-bond donors (Lipinski definition) is 0. The molecule has 1 aromatic heterocycles. The molecule has 5 heteroatoms. The summed E-state index contributed by atoms with van der Waals surface area (Å²) < 4.78 is 28.1. The number of allylic oxidation sites excluding steroid dienone is 2. The lowest BCUT2D eigenvalue weighted by atomic mass is 10.0. The van der Waals surface area contributed by atoms with Gasteiger partial charge < -0.3 is 4.42 Å². The summed E-state index contributed by atoms with van der Waals surface area (Å²) in [5.41, 5.74) is 4.57. The number of hydrogen-bond acceptors (Lipinski definition) is 4. The Balaban J connectivity index is 0.000000613. The van der Waals surface area contributed by atoms with Crippen molar-refractivity contribution in [1.82, 2.24) is 0 Å². The van der Waals surface area contributed by atoms with E-state index in [9.17, 15) is 13.2 Å². The van der Waals surface area contributed by atoms with Gasteiger partial charge >= 0.3 is 0 Å². The highest BCUT2D eigenvalue weighted by Gasteiger charge is 2.18. The zero-order valence-corrected chi connectivity index (χ0v) is 33.4. The van der Waals surface area contributed by atoms with Gasteiger partial charge in [0.1, 0.15) is 0 Å². The van der Waals surface area contributed by atoms with Crippen molar-refractivity contribution in [2.24, 2.45) is 11.8 Å². The minimum absolute atomic E-state index is 0.0567. The van der Waals surface area contributed by atoms with Crippen molar-refractivity contribution in [3.05, 3.63) is 155 Å². The maximum atomic E-state index is 11.6. The predicted molar refractivity (Wildman–Crippen MR) is 218 cm³/mol. The first-order valence-corrected chi connectivity index (χ1v) is 19.3. The fraction of sp³-hybridized carbons (Fsp3) is 0.400. The number of benzene rings is 3. The molecule has 0 spiro atoms. The molecule has 0 fully saturated rings. The second-order valence-electron chi connectivity index (χ2n) is 13.9. The monoisotopic (exact) mass is 700 g/mol. The second-order valence-corrected chi connectivity index (χ2v) is 16.4. The van der Waals surface area contributed by atoms with Crippen LogP contribution < -0.4 is 5.43 Å². The van der Waals surface area contributed by atoms with E-state index in [1.54, 1.807) is 26.0 Å². The summed E-state index contributed by atoms with van der Waals surface area (Å²) in [7, 11) is -3.09. The van der Waals surface area contributed by atoms with E-state index in [0.29, 0.717) is 10.8 Å². The standard InChI is InChI=1S/C12H16.C10H14O2S.C9H12.C8H10O2.C6H12/c1-11(2)7-6-10-12-8-4-3-5-9-12;1-8(2)13(11,12)10-6-4-9(3)5-7-10;1-8(2)9-6-4-3-5-7-9;1-6(2)7-5-10-4-3-8(7)9;1-4-5-6(2)3/h3-6,8-11H,7H2,1-2H3;4-8H,1-3H3;3-8H,1-2H3;3-6H,1-2H3;4,6H,1,5H2,2-3H3/b10-6+;;;;. The van der Waals surface area contributed by atoms with Gasteiger partial charge in [-0.15, -0.1) is 6.58 Å². The average Bonchev–Trinajstić information content (AvgIpc) is 3.07. The summed E-state index contributed by atoms with van der Waals surface area (Å²) in [4.78, 5) is 11.4. The molecule has 0 radical (unpaired) electrons. The van der Waals surface area contributed by atoms with Crippen LogP contribution in [0.1, 0.15) is 116 Å². The molecule has 0 aliphatic heterocycles. The molecule has 0 saturated carbocycles. The van der Waals surface area contributed by atoms with Crippen molar-refractivity contribution in [3.8, 4) is 0 Å². The van der Waals surface area contributed by atoms with Gasteiger partial charge in [-0.25, -0.2) is 8.42 Å². The Morgan fingerprint density at radius 1 is 0.680 bits per heavy atom. The SMILES string of the molecule is C=CCC(C)C.CC(C)C/C=C/c1ccccc1.CC(C)c1ccccc1.CC(C)c1coccc1=O.Cc1ccc(S(=O)(=O)C(C)C)cc1. The molecule has 0 aliphatic carbocycles. The first-order chi connectivity index (χ1) is 23.5. The maximum Gasteiger partial charge on any atom is 0.188 e. The lowest BCUT2D eigenvalue weighted by Gasteiger charge is -2.07. The third kappa shape index (κ3) is 21.2. The van der Waals surface area contributed by atoms with E-state index in [2.05, 4.69) is 109 Å². The first kappa shape index (κ1) is 46.0. The fourth-order valence-electron chi connectivity index (χ4n) is 4.00. The highest BCUT2D eigenvalue weighted by Crippen LogP contribution is 2.16. The topological polar surface area (TPSA) is 64.3 Å². The largest absolute Gasteiger partial charge is 0.472 e. The summed E-state index contributed by atoms with van der Waals surface area (Å²) >= 11 is 0. The quantitative estimate of drug-likeness (QED) is 0.163. The van der Waals surface area contributed by atoms with E-state index >= 15 is 0 Å². The molecule has 50 heavy (non-hydrogen) atoms. The summed E-state index contributed by atoms with van der Waals surface area (Å²) in [5, 5.41) is -0.352. The zero-order chi connectivity index (χ0) is 38.1. The third-order valence-electron chi connectivity index (χ3n) is 7.19. The van der Waals surface area contributed by atoms with E-state index in [1.807, 2.05) is 51.1 Å². The van der Waals surface area contributed by atoms with Crippen LogP contribution in [-0.2, 0) is 9.84 Å². The minimum Gasteiger partial charge on any atom is -0.472 e. The Kier molecular flexibility index (Phi) is 23.9. The Hall–Kier alpha value is -3.96. The zero-order valence-electron chi connectivity index (χ0n) is 32.6. The van der Waals surface area contributed by atoms with Gasteiger partial charge in [0.2, 0.25) is 0 Å². The first-order valence-electron chi connectivity index (χ1n) is 17.8. The van der Waals surface area contributed by atoms with E-state index in [0.717, 1.165) is 35.8 Å². The van der Waals surface area contributed by atoms with Crippen LogP contribution in [0, 0.1) is 18.8 Å². The molecule has 274 valence electrons. The van der Waals surface area contributed by atoms with Crippen LogP contribution >= 0.6 is 0 Å². The molecule has 4 nitrogen and oxygen atoms in total. The molecule has 0 N–H and O–H groups in total. The van der Waals surface area contributed by atoms with Crippen molar-refractivity contribution in [3.63, 3.8) is 0 Å². The molecule has 0 saturated heterocycles. The smallest absolute Gasteiger partial charge is 0.188 e. The Morgan fingerprint density at radius 3 is 1.56 bits per heavy atom. The highest BCUT2D eigenvalue weighted by molar-refractivity contribution is 7.92. The van der Waals surface area contributed by atoms with E-state index < -0.39 is 9.84 Å². The van der Waals surface area contributed by atoms with Crippen LogP contribution in [-0.4, -0.2) is 13.7 Å². The van der Waals surface area contributed by atoms with Crippen LogP contribution in [0.2, 0.25) is 0 Å². The lowest BCUT2D eigenvalue weighted by molar-refractivity contribution is 0.535. The van der Waals surface area contributed by atoms with Crippen molar-refractivity contribution in [2.45, 2.75) is 111 Å². The van der Waals surface area contributed by atoms with Gasteiger partial charge in [-0.05, 0) is 80.5 Å². The van der Waals surface area contributed by atoms with Gasteiger partial charge in [-0.1, -0.05) is 152 Å². The van der Waals surface area contributed by atoms with Crippen molar-refractivity contribution in [1.29, 1.82) is 0 Å². The Labute approximate surface area is 305 Å². The lowest BCUT2D eigenvalue weighted by Crippen LogP contribution is -2.13. The maximum absolute atomic E-state index is 11.6. The Bertz CT molecular complexity index is 1610. The van der Waals surface area contributed by atoms with E-state index in [4.69, 9.17) is 4.42 Å². The summed E-state index contributed by atoms with van der Waals surface area (Å²) in [6.07, 6.45) is 11.6. The number of aryl methyl sites for hydroxylation is 1. The van der Waals surface area contributed by atoms with Crippen molar-refractivity contribution >= 4 is 15.9 Å². The van der Waals surface area contributed by atoms with Gasteiger partial charge in [0.25, 0.3) is 0 Å². The molecule has 0 aliphatic rings. The predicted octanol–water partition coefficient (Wildman–Crippen LogP) is 12.7. The fourth-order valence-corrected chi connectivity index (χ4v) is 5.06. The Morgan fingerprint density at radius 2 is 1.20 bits per heavy atom. The third-order valence-corrected chi connectivity index (χ3v) is 9.36. The van der Waals surface area contributed by atoms with E-state index in [-0.39, 0.29) is 16.6 Å². The van der Waals surface area contributed by atoms with E-state index in [1.165, 1.54) is 29.7 Å². The van der Waals surface area contributed by atoms with Crippen LogP contribution in [0.4, 0.5) is 0 Å². The van der Waals surface area contributed by atoms with Crippen LogP contribution in [0.5, 0.6) is 0 Å². The van der Waals surface area contributed by atoms with Crippen LogP contribution in [0.15, 0.2) is 136 Å². The van der Waals surface area contributed by atoms with Gasteiger partial charge in [-0.2, -0.15) is 0 Å². The summed E-state index contributed by atoms with van der Waals surface area (Å²) in [6.45, 7) is 26.1. The molecule has 1 heterocycles. The molecule has 4 rings (SSSR count). The van der Waals surface area contributed by atoms with Gasteiger partial charge in [0, 0.05) is 11.6 Å². The van der Waals surface area contributed by atoms with Crippen molar-refractivity contribution in [2.75, 3.05) is 0 Å². The van der Waals surface area contributed by atoms with Gasteiger partial charge in [0.15, 0.2) is 15.3 Å². The molecule has 4 aromatic rings. The molecule has 0 bridgehead atoms. The number of sulfone groups is 1. The summed E-state index contributed by atoms with van der Waals surface area (Å²) in [6, 6.07) is 29.3. The molecular formula is C45H64O4S. The molecule has 3 aromatic carbocycles. The minimum atomic E-state index is -3.09. The second kappa shape index (κ2) is 25.9. The average molecular weight is 701 g/mol. The normalized spacial score (nSPS) is 10.8. The van der Waals surface area contributed by atoms with Crippen LogP contribution in [0.3, 0.4) is 0 Å². The van der Waals surface area contributed by atoms with Crippen LogP contribution in [0.25, 0.3) is 6.08 Å². The van der Waals surface area contributed by atoms with Gasteiger partial charge in [0.05, 0.1) is 22.7 Å². The number of rotatable bonds is 9. The molecule has 0 unspecified atom stereocenters. The molecule has 0 amide bonds. The van der Waals surface area contributed by atoms with Crippen molar-refractivity contribution < 1.29 is 12.8 Å². The molecular weight excluding hydrogens is 637 g/mol. The molecule has 0 atom stereocenters. The summed E-state index contributed by atoms with van der Waals surface area (Å²) in [5.74, 6) is 2.44.